The lowest BCUT2D eigenvalue weighted by atomic mass is 10.1. The molecule has 0 spiro atoms. The van der Waals surface area contributed by atoms with Gasteiger partial charge in [0.15, 0.2) is 0 Å². The fraction of sp³-hybridized carbons (Fsp3) is 0.571. The summed E-state index contributed by atoms with van der Waals surface area (Å²) in [5, 5.41) is 6.18. The second kappa shape index (κ2) is 7.74. The molecular formula is C14H24N4O. The van der Waals surface area contributed by atoms with Crippen molar-refractivity contribution in [1.82, 2.24) is 15.2 Å². The lowest BCUT2D eigenvalue weighted by molar-refractivity contribution is 0.0937. The van der Waals surface area contributed by atoms with Crippen molar-refractivity contribution in [2.75, 3.05) is 32.5 Å². The van der Waals surface area contributed by atoms with Crippen LogP contribution in [0, 0.1) is 0 Å². The number of hydrogen-bond donors (Lipinski definition) is 2. The predicted octanol–water partition coefficient (Wildman–Crippen LogP) is 1.58. The average Bonchev–Trinajstić information content (AvgIpc) is 2.37. The SMILES string of the molecule is CCNc1ccncc1C(=O)NC(C)CCN(C)C. The number of pyridine rings is 1. The van der Waals surface area contributed by atoms with Crippen molar-refractivity contribution in [1.29, 1.82) is 0 Å². The van der Waals surface area contributed by atoms with Gasteiger partial charge in [0.2, 0.25) is 0 Å². The summed E-state index contributed by atoms with van der Waals surface area (Å²) in [6.45, 7) is 5.75. The number of anilines is 1. The molecule has 106 valence electrons. The Kier molecular flexibility index (Phi) is 6.29. The van der Waals surface area contributed by atoms with Crippen molar-refractivity contribution in [3.05, 3.63) is 24.0 Å². The molecule has 0 radical (unpaired) electrons. The minimum Gasteiger partial charge on any atom is -0.385 e. The normalized spacial score (nSPS) is 12.3. The highest BCUT2D eigenvalue weighted by Gasteiger charge is 2.13. The maximum absolute atomic E-state index is 12.2. The summed E-state index contributed by atoms with van der Waals surface area (Å²) in [5.74, 6) is -0.0738. The van der Waals surface area contributed by atoms with Crippen molar-refractivity contribution in [2.45, 2.75) is 26.3 Å². The molecule has 0 aromatic carbocycles. The number of carbonyl (C=O) groups is 1. The van der Waals surface area contributed by atoms with Gasteiger partial charge in [0.1, 0.15) is 0 Å². The molecule has 1 aromatic rings. The third-order valence-electron chi connectivity index (χ3n) is 2.82. The van der Waals surface area contributed by atoms with E-state index >= 15 is 0 Å². The molecule has 1 unspecified atom stereocenters. The first-order valence-electron chi connectivity index (χ1n) is 6.68. The number of amides is 1. The van der Waals surface area contributed by atoms with Crippen LogP contribution in [0.1, 0.15) is 30.6 Å². The summed E-state index contributed by atoms with van der Waals surface area (Å²) in [6, 6.07) is 1.97. The van der Waals surface area contributed by atoms with E-state index in [0.29, 0.717) is 5.56 Å². The Hall–Kier alpha value is -1.62. The first kappa shape index (κ1) is 15.4. The maximum atomic E-state index is 12.2. The molecule has 1 heterocycles. The third kappa shape index (κ3) is 5.26. The second-order valence-corrected chi connectivity index (χ2v) is 4.92. The van der Waals surface area contributed by atoms with E-state index in [0.717, 1.165) is 25.2 Å². The monoisotopic (exact) mass is 264 g/mol. The zero-order valence-electron chi connectivity index (χ0n) is 12.2. The Morgan fingerprint density at radius 1 is 1.47 bits per heavy atom. The zero-order chi connectivity index (χ0) is 14.3. The second-order valence-electron chi connectivity index (χ2n) is 4.92. The van der Waals surface area contributed by atoms with Gasteiger partial charge >= 0.3 is 0 Å². The number of carbonyl (C=O) groups excluding carboxylic acids is 1. The molecule has 5 nitrogen and oxygen atoms in total. The average molecular weight is 264 g/mol. The first-order valence-corrected chi connectivity index (χ1v) is 6.68. The molecule has 0 aliphatic carbocycles. The van der Waals surface area contributed by atoms with Gasteiger partial charge in [-0.1, -0.05) is 0 Å². The van der Waals surface area contributed by atoms with Crippen molar-refractivity contribution in [2.24, 2.45) is 0 Å². The molecular weight excluding hydrogens is 240 g/mol. The van der Waals surface area contributed by atoms with Crippen LogP contribution < -0.4 is 10.6 Å². The van der Waals surface area contributed by atoms with Gasteiger partial charge in [0.25, 0.3) is 5.91 Å². The summed E-state index contributed by atoms with van der Waals surface area (Å²) in [7, 11) is 4.05. The number of rotatable bonds is 7. The Balaban J connectivity index is 2.62. The molecule has 2 N–H and O–H groups in total. The largest absolute Gasteiger partial charge is 0.385 e. The summed E-state index contributed by atoms with van der Waals surface area (Å²) < 4.78 is 0. The van der Waals surface area contributed by atoms with E-state index in [1.807, 2.05) is 34.0 Å². The van der Waals surface area contributed by atoms with E-state index in [4.69, 9.17) is 0 Å². The highest BCUT2D eigenvalue weighted by atomic mass is 16.1. The number of nitrogens with one attached hydrogen (secondary N) is 2. The maximum Gasteiger partial charge on any atom is 0.255 e. The van der Waals surface area contributed by atoms with Crippen molar-refractivity contribution in [3.63, 3.8) is 0 Å². The summed E-state index contributed by atoms with van der Waals surface area (Å²) in [6.07, 6.45) is 4.21. The van der Waals surface area contributed by atoms with Crippen molar-refractivity contribution < 1.29 is 4.79 Å². The van der Waals surface area contributed by atoms with Gasteiger partial charge in [-0.15, -0.1) is 0 Å². The lowest BCUT2D eigenvalue weighted by Gasteiger charge is -2.17. The Labute approximate surface area is 115 Å². The van der Waals surface area contributed by atoms with E-state index in [-0.39, 0.29) is 11.9 Å². The first-order chi connectivity index (χ1) is 9.04. The van der Waals surface area contributed by atoms with Crippen LogP contribution >= 0.6 is 0 Å². The predicted molar refractivity (Wildman–Crippen MR) is 78.5 cm³/mol. The van der Waals surface area contributed by atoms with Crippen molar-refractivity contribution in [3.8, 4) is 0 Å². The van der Waals surface area contributed by atoms with Gasteiger partial charge < -0.3 is 15.5 Å². The fourth-order valence-corrected chi connectivity index (χ4v) is 1.75. The van der Waals surface area contributed by atoms with Crippen LogP contribution in [0.4, 0.5) is 5.69 Å². The number of aromatic nitrogens is 1. The molecule has 19 heavy (non-hydrogen) atoms. The Morgan fingerprint density at radius 3 is 2.84 bits per heavy atom. The van der Waals surface area contributed by atoms with Gasteiger partial charge in [-0.3, -0.25) is 9.78 Å². The molecule has 5 heteroatoms. The minimum atomic E-state index is -0.0738. The molecule has 1 aromatic heterocycles. The van der Waals surface area contributed by atoms with E-state index in [2.05, 4.69) is 20.5 Å². The minimum absolute atomic E-state index is 0.0738. The summed E-state index contributed by atoms with van der Waals surface area (Å²) in [4.78, 5) is 18.3. The molecule has 0 fully saturated rings. The Morgan fingerprint density at radius 2 is 2.21 bits per heavy atom. The van der Waals surface area contributed by atoms with Crippen LogP contribution in [0.15, 0.2) is 18.5 Å². The third-order valence-corrected chi connectivity index (χ3v) is 2.82. The standard InChI is InChI=1S/C14H24N4O/c1-5-16-13-6-8-15-10-12(13)14(19)17-11(2)7-9-18(3)4/h6,8,10-11H,5,7,9H2,1-4H3,(H,15,16)(H,17,19). The van der Waals surface area contributed by atoms with Gasteiger partial charge in [-0.2, -0.15) is 0 Å². The molecule has 1 rings (SSSR count). The van der Waals surface area contributed by atoms with E-state index < -0.39 is 0 Å². The van der Waals surface area contributed by atoms with Gasteiger partial charge in [-0.25, -0.2) is 0 Å². The van der Waals surface area contributed by atoms with Crippen LogP contribution in [-0.2, 0) is 0 Å². The molecule has 1 amide bonds. The molecule has 0 bridgehead atoms. The van der Waals surface area contributed by atoms with E-state index in [9.17, 15) is 4.79 Å². The molecule has 0 aliphatic heterocycles. The quantitative estimate of drug-likeness (QED) is 0.785. The topological polar surface area (TPSA) is 57.3 Å². The van der Waals surface area contributed by atoms with Crippen LogP contribution in [0.5, 0.6) is 0 Å². The van der Waals surface area contributed by atoms with Gasteiger partial charge in [-0.05, 0) is 47.0 Å². The highest BCUT2D eigenvalue weighted by Crippen LogP contribution is 2.13. The van der Waals surface area contributed by atoms with Crippen molar-refractivity contribution >= 4 is 11.6 Å². The van der Waals surface area contributed by atoms with Gasteiger partial charge in [0.05, 0.1) is 11.3 Å². The molecule has 0 saturated heterocycles. The molecule has 0 aliphatic rings. The van der Waals surface area contributed by atoms with Gasteiger partial charge in [0, 0.05) is 25.0 Å². The van der Waals surface area contributed by atoms with Crippen LogP contribution in [-0.4, -0.2) is 49.0 Å². The lowest BCUT2D eigenvalue weighted by Crippen LogP contribution is -2.35. The zero-order valence-corrected chi connectivity index (χ0v) is 12.2. The highest BCUT2D eigenvalue weighted by molar-refractivity contribution is 5.99. The molecule has 0 saturated carbocycles. The van der Waals surface area contributed by atoms with Crippen LogP contribution in [0.3, 0.4) is 0 Å². The summed E-state index contributed by atoms with van der Waals surface area (Å²) in [5.41, 5.74) is 1.43. The number of hydrogen-bond acceptors (Lipinski definition) is 4. The van der Waals surface area contributed by atoms with Crippen LogP contribution in [0.2, 0.25) is 0 Å². The Bertz CT molecular complexity index is 406. The van der Waals surface area contributed by atoms with E-state index in [1.165, 1.54) is 0 Å². The fourth-order valence-electron chi connectivity index (χ4n) is 1.75. The van der Waals surface area contributed by atoms with E-state index in [1.54, 1.807) is 12.4 Å². The van der Waals surface area contributed by atoms with Crippen LogP contribution in [0.25, 0.3) is 0 Å². The smallest absolute Gasteiger partial charge is 0.255 e. The number of nitrogens with zero attached hydrogens (tertiary/aromatic N) is 2. The summed E-state index contributed by atoms with van der Waals surface area (Å²) >= 11 is 0. The molecule has 1 atom stereocenters.